The smallest absolute Gasteiger partial charge is 0.247 e. The van der Waals surface area contributed by atoms with Crippen molar-refractivity contribution in [2.24, 2.45) is 0 Å². The molecule has 1 N–H and O–H groups in total. The lowest BCUT2D eigenvalue weighted by atomic mass is 10.0. The minimum absolute atomic E-state index is 0.0102. The SMILES string of the molecule is CCOc1c(Cl)cc(CNC(=O)C(c2ccccc2)N2CCCCC2=O)cc1OC. The Morgan fingerprint density at radius 1 is 1.23 bits per heavy atom. The zero-order chi connectivity index (χ0) is 21.5. The number of carbonyl (C=O) groups excluding carboxylic acids is 2. The van der Waals surface area contributed by atoms with Crippen molar-refractivity contribution in [3.63, 3.8) is 0 Å². The number of ether oxygens (including phenoxy) is 2. The van der Waals surface area contributed by atoms with Gasteiger partial charge in [-0.2, -0.15) is 0 Å². The third-order valence-electron chi connectivity index (χ3n) is 5.08. The number of hydrogen-bond donors (Lipinski definition) is 1. The van der Waals surface area contributed by atoms with Gasteiger partial charge in [0.25, 0.3) is 0 Å². The Bertz CT molecular complexity index is 888. The fourth-order valence-electron chi connectivity index (χ4n) is 3.65. The molecule has 0 radical (unpaired) electrons. The van der Waals surface area contributed by atoms with E-state index in [0.29, 0.717) is 36.1 Å². The predicted octanol–water partition coefficient (Wildman–Crippen LogP) is 4.12. The molecule has 0 aromatic heterocycles. The summed E-state index contributed by atoms with van der Waals surface area (Å²) in [7, 11) is 1.55. The Morgan fingerprint density at radius 2 is 2.00 bits per heavy atom. The molecule has 6 nitrogen and oxygen atoms in total. The third-order valence-corrected chi connectivity index (χ3v) is 5.36. The van der Waals surface area contributed by atoms with Gasteiger partial charge in [0.15, 0.2) is 11.5 Å². The molecule has 0 bridgehead atoms. The number of amides is 2. The highest BCUT2D eigenvalue weighted by Gasteiger charge is 2.32. The topological polar surface area (TPSA) is 67.9 Å². The molecule has 1 unspecified atom stereocenters. The van der Waals surface area contributed by atoms with E-state index in [1.165, 1.54) is 0 Å². The van der Waals surface area contributed by atoms with Crippen molar-refractivity contribution >= 4 is 23.4 Å². The summed E-state index contributed by atoms with van der Waals surface area (Å²) in [6, 6.07) is 12.3. The number of methoxy groups -OCH3 is 1. The highest BCUT2D eigenvalue weighted by atomic mass is 35.5. The maximum atomic E-state index is 13.2. The van der Waals surface area contributed by atoms with Crippen LogP contribution in [-0.2, 0) is 16.1 Å². The van der Waals surface area contributed by atoms with Crippen molar-refractivity contribution in [1.29, 1.82) is 0 Å². The molecule has 0 aliphatic carbocycles. The summed E-state index contributed by atoms with van der Waals surface area (Å²) < 4.78 is 10.9. The Balaban J connectivity index is 1.79. The molecule has 30 heavy (non-hydrogen) atoms. The quantitative estimate of drug-likeness (QED) is 0.684. The molecular formula is C23H27ClN2O4. The summed E-state index contributed by atoms with van der Waals surface area (Å²) in [5.74, 6) is 0.786. The first-order valence-corrected chi connectivity index (χ1v) is 10.5. The van der Waals surface area contributed by atoms with Crippen molar-refractivity contribution in [1.82, 2.24) is 10.2 Å². The van der Waals surface area contributed by atoms with Crippen LogP contribution in [0.4, 0.5) is 0 Å². The molecule has 160 valence electrons. The van der Waals surface area contributed by atoms with Gasteiger partial charge in [-0.05, 0) is 43.0 Å². The lowest BCUT2D eigenvalue weighted by Gasteiger charge is -2.34. The van der Waals surface area contributed by atoms with E-state index in [-0.39, 0.29) is 18.4 Å². The molecule has 1 aliphatic heterocycles. The molecule has 2 amide bonds. The molecule has 0 saturated carbocycles. The minimum atomic E-state index is -0.654. The van der Waals surface area contributed by atoms with Crippen LogP contribution < -0.4 is 14.8 Å². The number of halogens is 1. The number of nitrogens with one attached hydrogen (secondary N) is 1. The Kier molecular flexibility index (Phi) is 7.57. The van der Waals surface area contributed by atoms with Crippen molar-refractivity contribution < 1.29 is 19.1 Å². The van der Waals surface area contributed by atoms with Crippen LogP contribution in [0.5, 0.6) is 11.5 Å². The van der Waals surface area contributed by atoms with Crippen LogP contribution in [0.2, 0.25) is 5.02 Å². The molecule has 1 fully saturated rings. The first kappa shape index (κ1) is 22.0. The number of piperidine rings is 1. The van der Waals surface area contributed by atoms with Gasteiger partial charge >= 0.3 is 0 Å². The first-order valence-electron chi connectivity index (χ1n) is 10.2. The summed E-state index contributed by atoms with van der Waals surface area (Å²) in [4.78, 5) is 27.4. The van der Waals surface area contributed by atoms with Gasteiger partial charge in [-0.25, -0.2) is 0 Å². The van der Waals surface area contributed by atoms with E-state index in [2.05, 4.69) is 5.32 Å². The molecular weight excluding hydrogens is 404 g/mol. The average Bonchev–Trinajstić information content (AvgIpc) is 2.76. The second-order valence-electron chi connectivity index (χ2n) is 7.12. The van der Waals surface area contributed by atoms with Gasteiger partial charge in [0.2, 0.25) is 11.8 Å². The van der Waals surface area contributed by atoms with E-state index in [9.17, 15) is 9.59 Å². The number of rotatable bonds is 8. The van der Waals surface area contributed by atoms with Crippen LogP contribution in [0.25, 0.3) is 0 Å². The first-order chi connectivity index (χ1) is 14.5. The third kappa shape index (κ3) is 5.05. The van der Waals surface area contributed by atoms with Gasteiger partial charge in [0.1, 0.15) is 6.04 Å². The largest absolute Gasteiger partial charge is 0.493 e. The Hall–Kier alpha value is -2.73. The van der Waals surface area contributed by atoms with Gasteiger partial charge in [0, 0.05) is 19.5 Å². The van der Waals surface area contributed by atoms with Gasteiger partial charge in [-0.1, -0.05) is 41.9 Å². The number of nitrogens with zero attached hydrogens (tertiary/aromatic N) is 1. The average molecular weight is 431 g/mol. The van der Waals surface area contributed by atoms with E-state index >= 15 is 0 Å². The van der Waals surface area contributed by atoms with E-state index in [1.807, 2.05) is 37.3 Å². The lowest BCUT2D eigenvalue weighted by molar-refractivity contribution is -0.142. The van der Waals surface area contributed by atoms with E-state index in [1.54, 1.807) is 24.1 Å². The Morgan fingerprint density at radius 3 is 2.67 bits per heavy atom. The molecule has 1 atom stereocenters. The zero-order valence-corrected chi connectivity index (χ0v) is 18.1. The number of likely N-dealkylation sites (tertiary alicyclic amines) is 1. The Labute approximate surface area is 182 Å². The second-order valence-corrected chi connectivity index (χ2v) is 7.52. The van der Waals surface area contributed by atoms with Gasteiger partial charge in [-0.15, -0.1) is 0 Å². The van der Waals surface area contributed by atoms with Gasteiger partial charge in [0.05, 0.1) is 18.7 Å². The molecule has 7 heteroatoms. The highest BCUT2D eigenvalue weighted by Crippen LogP contribution is 2.36. The van der Waals surface area contributed by atoms with Crippen molar-refractivity contribution in [2.75, 3.05) is 20.3 Å². The molecule has 1 heterocycles. The van der Waals surface area contributed by atoms with Crippen molar-refractivity contribution in [3.8, 4) is 11.5 Å². The maximum absolute atomic E-state index is 13.2. The summed E-state index contributed by atoms with van der Waals surface area (Å²) in [6.45, 7) is 3.17. The van der Waals surface area contributed by atoms with Crippen LogP contribution >= 0.6 is 11.6 Å². The molecule has 2 aromatic rings. The van der Waals surface area contributed by atoms with Crippen LogP contribution in [0, 0.1) is 0 Å². The van der Waals surface area contributed by atoms with Crippen LogP contribution in [0.3, 0.4) is 0 Å². The molecule has 0 spiro atoms. The monoisotopic (exact) mass is 430 g/mol. The van der Waals surface area contributed by atoms with Gasteiger partial charge < -0.3 is 19.7 Å². The molecule has 1 saturated heterocycles. The highest BCUT2D eigenvalue weighted by molar-refractivity contribution is 6.32. The fourth-order valence-corrected chi connectivity index (χ4v) is 3.94. The molecule has 3 rings (SSSR count). The second kappa shape index (κ2) is 10.3. The number of carbonyl (C=O) groups is 2. The maximum Gasteiger partial charge on any atom is 0.247 e. The summed E-state index contributed by atoms with van der Waals surface area (Å²) >= 11 is 6.34. The fraction of sp³-hybridized carbons (Fsp3) is 0.391. The summed E-state index contributed by atoms with van der Waals surface area (Å²) in [5, 5.41) is 3.38. The summed E-state index contributed by atoms with van der Waals surface area (Å²) in [5.41, 5.74) is 1.58. The van der Waals surface area contributed by atoms with Crippen molar-refractivity contribution in [2.45, 2.75) is 38.8 Å². The minimum Gasteiger partial charge on any atom is -0.493 e. The van der Waals surface area contributed by atoms with Gasteiger partial charge in [-0.3, -0.25) is 9.59 Å². The van der Waals surface area contributed by atoms with Crippen LogP contribution in [0.1, 0.15) is 43.4 Å². The lowest BCUT2D eigenvalue weighted by Crippen LogP contribution is -2.45. The van der Waals surface area contributed by atoms with Crippen LogP contribution in [-0.4, -0.2) is 37.0 Å². The van der Waals surface area contributed by atoms with Crippen molar-refractivity contribution in [3.05, 3.63) is 58.6 Å². The van der Waals surface area contributed by atoms with E-state index in [4.69, 9.17) is 21.1 Å². The summed E-state index contributed by atoms with van der Waals surface area (Å²) in [6.07, 6.45) is 2.24. The zero-order valence-electron chi connectivity index (χ0n) is 17.3. The molecule has 1 aliphatic rings. The standard InChI is InChI=1S/C23H27ClN2O4/c1-3-30-22-18(24)13-16(14-19(22)29-2)15-25-23(28)21(17-9-5-4-6-10-17)26-12-8-7-11-20(26)27/h4-6,9-10,13-14,21H,3,7-8,11-12,15H2,1-2H3,(H,25,28). The van der Waals surface area contributed by atoms with E-state index in [0.717, 1.165) is 24.0 Å². The van der Waals surface area contributed by atoms with E-state index < -0.39 is 6.04 Å². The predicted molar refractivity (Wildman–Crippen MR) is 116 cm³/mol. The normalized spacial score (nSPS) is 14.9. The number of hydrogen-bond acceptors (Lipinski definition) is 4. The molecule has 2 aromatic carbocycles. The number of benzene rings is 2. The van der Waals surface area contributed by atoms with Crippen LogP contribution in [0.15, 0.2) is 42.5 Å².